The molecule has 18 heavy (non-hydrogen) atoms. The van der Waals surface area contributed by atoms with Crippen LogP contribution in [-0.4, -0.2) is 24.8 Å². The smallest absolute Gasteiger partial charge is 0.332 e. The number of hydrogen-bond donors (Lipinski definition) is 2. The van der Waals surface area contributed by atoms with Crippen LogP contribution in [0.4, 0.5) is 10.5 Å². The molecule has 3 N–H and O–H groups in total. The molecule has 94 valence electrons. The molecule has 1 aromatic rings. The van der Waals surface area contributed by atoms with E-state index in [0.29, 0.717) is 0 Å². The third kappa shape index (κ3) is 1.81. The van der Waals surface area contributed by atoms with Gasteiger partial charge in [-0.1, -0.05) is 18.2 Å². The second-order valence-electron chi connectivity index (χ2n) is 4.69. The number of nitrogens with one attached hydrogen (secondary N) is 1. The summed E-state index contributed by atoms with van der Waals surface area (Å²) in [5, 5.41) is 4.12. The zero-order valence-corrected chi connectivity index (χ0v) is 10.1. The number of nitrogens with zero attached hydrogens (tertiary/aromatic N) is 2. The van der Waals surface area contributed by atoms with Crippen molar-refractivity contribution in [3.05, 3.63) is 29.3 Å². The number of carbonyl (C=O) groups excluding carboxylic acids is 1. The number of para-hydroxylation sites is 1. The van der Waals surface area contributed by atoms with Gasteiger partial charge in [0.2, 0.25) is 0 Å². The minimum Gasteiger partial charge on any atom is -0.370 e. The Morgan fingerprint density at radius 3 is 3.06 bits per heavy atom. The fourth-order valence-corrected chi connectivity index (χ4v) is 2.81. The Kier molecular flexibility index (Phi) is 2.66. The number of carbonyl (C=O) groups is 1. The molecule has 0 saturated heterocycles. The monoisotopic (exact) mass is 244 g/mol. The lowest BCUT2D eigenvalue weighted by atomic mass is 9.91. The fraction of sp³-hybridized carbons (Fsp3) is 0.385. The summed E-state index contributed by atoms with van der Waals surface area (Å²) in [6.45, 7) is 2.07. The van der Waals surface area contributed by atoms with Gasteiger partial charge in [0.15, 0.2) is 0 Å². The molecule has 0 radical (unpaired) electrons. The van der Waals surface area contributed by atoms with Gasteiger partial charge in [0.05, 0.1) is 5.71 Å². The Morgan fingerprint density at radius 1 is 1.33 bits per heavy atom. The van der Waals surface area contributed by atoms with Gasteiger partial charge < -0.3 is 10.6 Å². The van der Waals surface area contributed by atoms with Crippen LogP contribution >= 0.6 is 0 Å². The number of primary amides is 1. The molecular formula is C13H16N4O. The Hall–Kier alpha value is -2.04. The zero-order chi connectivity index (χ0) is 12.5. The summed E-state index contributed by atoms with van der Waals surface area (Å²) < 4.78 is 0. The number of rotatable bonds is 1. The first-order chi connectivity index (χ1) is 8.75. The van der Waals surface area contributed by atoms with Crippen LogP contribution in [0.15, 0.2) is 23.3 Å². The average Bonchev–Trinajstić information content (AvgIpc) is 2.38. The van der Waals surface area contributed by atoms with Gasteiger partial charge >= 0.3 is 6.03 Å². The molecule has 5 nitrogen and oxygen atoms in total. The molecule has 0 aromatic heterocycles. The third-order valence-corrected chi connectivity index (χ3v) is 3.54. The number of urea groups is 1. The summed E-state index contributed by atoms with van der Waals surface area (Å²) in [5.74, 6) is 0. The summed E-state index contributed by atoms with van der Waals surface area (Å²) in [6.07, 6.45) is 3.18. The first kappa shape index (κ1) is 11.1. The van der Waals surface area contributed by atoms with Crippen molar-refractivity contribution in [2.75, 3.05) is 18.0 Å². The Bertz CT molecular complexity index is 524. The van der Waals surface area contributed by atoms with Crippen molar-refractivity contribution in [1.29, 1.82) is 0 Å². The highest BCUT2D eigenvalue weighted by molar-refractivity contribution is 6.08. The molecule has 2 aliphatic rings. The van der Waals surface area contributed by atoms with Gasteiger partial charge in [-0.15, -0.1) is 0 Å². The first-order valence-electron chi connectivity index (χ1n) is 6.25. The van der Waals surface area contributed by atoms with Gasteiger partial charge in [-0.25, -0.2) is 10.2 Å². The highest BCUT2D eigenvalue weighted by Crippen LogP contribution is 2.34. The highest BCUT2D eigenvalue weighted by Gasteiger charge is 2.26. The highest BCUT2D eigenvalue weighted by atomic mass is 16.2. The minimum absolute atomic E-state index is 0.616. The molecule has 5 heteroatoms. The summed E-state index contributed by atoms with van der Waals surface area (Å²) in [7, 11) is 0. The molecule has 1 aromatic carbocycles. The van der Waals surface area contributed by atoms with Crippen molar-refractivity contribution >= 4 is 17.4 Å². The molecule has 0 saturated carbocycles. The average molecular weight is 244 g/mol. The van der Waals surface area contributed by atoms with E-state index >= 15 is 0 Å². The number of hydrogen-bond acceptors (Lipinski definition) is 3. The molecule has 0 fully saturated rings. The lowest BCUT2D eigenvalue weighted by Gasteiger charge is -2.37. The molecule has 0 bridgehead atoms. The van der Waals surface area contributed by atoms with E-state index in [9.17, 15) is 4.79 Å². The van der Waals surface area contributed by atoms with E-state index in [-0.39, 0.29) is 0 Å². The SMILES string of the molecule is NC(=O)NN=C1CCN2CCCc3cccc1c32. The van der Waals surface area contributed by atoms with E-state index < -0.39 is 6.03 Å². The fourth-order valence-electron chi connectivity index (χ4n) is 2.81. The van der Waals surface area contributed by atoms with E-state index in [1.54, 1.807) is 0 Å². The van der Waals surface area contributed by atoms with Crippen molar-refractivity contribution in [2.45, 2.75) is 19.3 Å². The normalized spacial score (nSPS) is 19.6. The van der Waals surface area contributed by atoms with Crippen LogP contribution in [0.25, 0.3) is 0 Å². The maximum Gasteiger partial charge on any atom is 0.332 e. The van der Waals surface area contributed by atoms with Gasteiger partial charge in [-0.3, -0.25) is 0 Å². The van der Waals surface area contributed by atoms with Crippen LogP contribution < -0.4 is 16.1 Å². The molecule has 0 aliphatic carbocycles. The van der Waals surface area contributed by atoms with Crippen molar-refractivity contribution < 1.29 is 4.79 Å². The van der Waals surface area contributed by atoms with Crippen LogP contribution in [0.1, 0.15) is 24.0 Å². The number of nitrogens with two attached hydrogens (primary N) is 1. The van der Waals surface area contributed by atoms with Crippen LogP contribution in [0.2, 0.25) is 0 Å². The quantitative estimate of drug-likeness (QED) is 0.729. The van der Waals surface area contributed by atoms with Crippen LogP contribution in [0, 0.1) is 0 Å². The van der Waals surface area contributed by atoms with E-state index in [1.165, 1.54) is 17.7 Å². The lowest BCUT2D eigenvalue weighted by molar-refractivity contribution is 0.249. The predicted molar refractivity (Wildman–Crippen MR) is 70.8 cm³/mol. The Morgan fingerprint density at radius 2 is 2.22 bits per heavy atom. The second kappa shape index (κ2) is 4.33. The van der Waals surface area contributed by atoms with E-state index in [2.05, 4.69) is 33.6 Å². The largest absolute Gasteiger partial charge is 0.370 e. The van der Waals surface area contributed by atoms with Gasteiger partial charge in [-0.2, -0.15) is 5.10 Å². The van der Waals surface area contributed by atoms with Crippen molar-refractivity contribution in [2.24, 2.45) is 10.8 Å². The number of anilines is 1. The summed E-state index contributed by atoms with van der Waals surface area (Å²) in [4.78, 5) is 13.2. The summed E-state index contributed by atoms with van der Waals surface area (Å²) in [5.41, 5.74) is 12.1. The molecule has 3 rings (SSSR count). The minimum atomic E-state index is -0.616. The molecule has 0 atom stereocenters. The topological polar surface area (TPSA) is 70.7 Å². The van der Waals surface area contributed by atoms with Crippen molar-refractivity contribution in [1.82, 2.24) is 5.43 Å². The van der Waals surface area contributed by atoms with Crippen LogP contribution in [-0.2, 0) is 6.42 Å². The standard InChI is InChI=1S/C13H16N4O/c14-13(18)16-15-11-6-8-17-7-2-4-9-3-1-5-10(11)12(9)17/h1,3,5H,2,4,6-8H2,(H3,14,16,18). The maximum absolute atomic E-state index is 10.7. The second-order valence-corrected chi connectivity index (χ2v) is 4.69. The van der Waals surface area contributed by atoms with Gasteiger partial charge in [0.1, 0.15) is 0 Å². The molecule has 0 unspecified atom stereocenters. The van der Waals surface area contributed by atoms with Crippen LogP contribution in [0.5, 0.6) is 0 Å². The van der Waals surface area contributed by atoms with E-state index in [0.717, 1.165) is 37.2 Å². The number of benzene rings is 1. The molecule has 2 amide bonds. The van der Waals surface area contributed by atoms with Gasteiger partial charge in [0.25, 0.3) is 0 Å². The number of hydrazone groups is 1. The van der Waals surface area contributed by atoms with Crippen LogP contribution in [0.3, 0.4) is 0 Å². The zero-order valence-electron chi connectivity index (χ0n) is 10.1. The lowest BCUT2D eigenvalue weighted by Crippen LogP contribution is -2.37. The Balaban J connectivity index is 2.03. The van der Waals surface area contributed by atoms with E-state index in [4.69, 9.17) is 5.73 Å². The molecular weight excluding hydrogens is 228 g/mol. The summed E-state index contributed by atoms with van der Waals surface area (Å²) in [6, 6.07) is 5.69. The van der Waals surface area contributed by atoms with Crippen molar-refractivity contribution in [3.8, 4) is 0 Å². The van der Waals surface area contributed by atoms with Crippen molar-refractivity contribution in [3.63, 3.8) is 0 Å². The Labute approximate surface area is 106 Å². The molecule has 0 spiro atoms. The number of aryl methyl sites for hydroxylation is 1. The maximum atomic E-state index is 10.7. The third-order valence-electron chi connectivity index (χ3n) is 3.54. The van der Waals surface area contributed by atoms with Gasteiger partial charge in [-0.05, 0) is 18.4 Å². The molecule has 2 aliphatic heterocycles. The number of amides is 2. The van der Waals surface area contributed by atoms with E-state index in [1.807, 2.05) is 0 Å². The van der Waals surface area contributed by atoms with Gasteiger partial charge in [0, 0.05) is 30.8 Å². The summed E-state index contributed by atoms with van der Waals surface area (Å²) >= 11 is 0. The first-order valence-corrected chi connectivity index (χ1v) is 6.25. The molecule has 2 heterocycles. The predicted octanol–water partition coefficient (Wildman–Crippen LogP) is 1.22.